The summed E-state index contributed by atoms with van der Waals surface area (Å²) in [5.74, 6) is 7.39. The molecule has 1 unspecified atom stereocenters. The van der Waals surface area contributed by atoms with Crippen LogP contribution in [-0.2, 0) is 0 Å². The van der Waals surface area contributed by atoms with Crippen molar-refractivity contribution in [3.05, 3.63) is 13.8 Å². The van der Waals surface area contributed by atoms with Gasteiger partial charge < -0.3 is 0 Å². The van der Waals surface area contributed by atoms with Gasteiger partial charge in [-0.15, -0.1) is 11.8 Å². The first-order valence-corrected chi connectivity index (χ1v) is 13.9. The van der Waals surface area contributed by atoms with Crippen LogP contribution in [0.3, 0.4) is 0 Å². The monoisotopic (exact) mass is 416 g/mol. The van der Waals surface area contributed by atoms with Crippen molar-refractivity contribution in [3.63, 3.8) is 0 Å². The predicted octanol–water partition coefficient (Wildman–Crippen LogP) is 10.7. The molecule has 0 heteroatoms. The Kier molecular flexibility index (Phi) is 26.2. The molecule has 0 amide bonds. The zero-order chi connectivity index (χ0) is 22.0. The molecule has 0 aromatic rings. The maximum absolute atomic E-state index is 3.92. The van der Waals surface area contributed by atoms with Crippen LogP contribution in [0.25, 0.3) is 0 Å². The highest BCUT2D eigenvalue weighted by atomic mass is 14.1. The topological polar surface area (TPSA) is 0 Å². The van der Waals surface area contributed by atoms with E-state index in [2.05, 4.69) is 32.6 Å². The van der Waals surface area contributed by atoms with Gasteiger partial charge in [0.2, 0.25) is 0 Å². The van der Waals surface area contributed by atoms with Gasteiger partial charge in [0.25, 0.3) is 0 Å². The van der Waals surface area contributed by atoms with E-state index in [9.17, 15) is 0 Å². The Labute approximate surface area is 192 Å². The summed E-state index contributed by atoms with van der Waals surface area (Å²) < 4.78 is 0. The van der Waals surface area contributed by atoms with Crippen molar-refractivity contribution < 1.29 is 0 Å². The van der Waals surface area contributed by atoms with Crippen LogP contribution in [0.1, 0.15) is 161 Å². The van der Waals surface area contributed by atoms with Crippen molar-refractivity contribution in [1.29, 1.82) is 0 Å². The SMILES string of the molecule is [CH2]CCC#CCCCCCCCCC(C)CCCCCCCCCCCCCC[CH2]. The first-order valence-electron chi connectivity index (χ1n) is 13.9. The van der Waals surface area contributed by atoms with E-state index in [1.807, 2.05) is 0 Å². The van der Waals surface area contributed by atoms with E-state index in [-0.39, 0.29) is 0 Å². The highest BCUT2D eigenvalue weighted by Gasteiger charge is 2.02. The molecule has 0 rings (SSSR count). The molecule has 0 aliphatic rings. The highest BCUT2D eigenvalue weighted by Crippen LogP contribution is 2.19. The number of hydrogen-bond donors (Lipinski definition) is 0. The summed E-state index contributed by atoms with van der Waals surface area (Å²) in [5, 5.41) is 0. The zero-order valence-electron chi connectivity index (χ0n) is 21.0. The summed E-state index contributed by atoms with van der Waals surface area (Å²) >= 11 is 0. The lowest BCUT2D eigenvalue weighted by Crippen LogP contribution is -1.95. The maximum Gasteiger partial charge on any atom is 0.00886 e. The maximum atomic E-state index is 3.92. The predicted molar refractivity (Wildman–Crippen MR) is 138 cm³/mol. The summed E-state index contributed by atoms with van der Waals surface area (Å²) in [4.78, 5) is 0. The molecule has 0 heterocycles. The van der Waals surface area contributed by atoms with Crippen LogP contribution in [-0.4, -0.2) is 0 Å². The van der Waals surface area contributed by atoms with E-state index in [0.29, 0.717) is 0 Å². The van der Waals surface area contributed by atoms with Gasteiger partial charge in [0.15, 0.2) is 0 Å². The van der Waals surface area contributed by atoms with E-state index < -0.39 is 0 Å². The van der Waals surface area contributed by atoms with Crippen molar-refractivity contribution in [2.75, 3.05) is 0 Å². The molecular formula is C30H56. The first-order chi connectivity index (χ1) is 14.8. The minimum atomic E-state index is 0.941. The lowest BCUT2D eigenvalue weighted by molar-refractivity contribution is 0.430. The third-order valence-electron chi connectivity index (χ3n) is 6.37. The molecule has 0 saturated heterocycles. The van der Waals surface area contributed by atoms with Crippen LogP contribution in [0.4, 0.5) is 0 Å². The van der Waals surface area contributed by atoms with Gasteiger partial charge in [-0.2, -0.15) is 0 Å². The second kappa shape index (κ2) is 26.6. The van der Waals surface area contributed by atoms with Crippen LogP contribution in [0, 0.1) is 31.6 Å². The molecule has 0 spiro atoms. The fourth-order valence-electron chi connectivity index (χ4n) is 4.26. The quantitative estimate of drug-likeness (QED) is 0.115. The number of unbranched alkanes of at least 4 members (excludes halogenated alkanes) is 19. The molecular weight excluding hydrogens is 360 g/mol. The molecule has 0 aliphatic carbocycles. The third kappa shape index (κ3) is 25.6. The van der Waals surface area contributed by atoms with Crippen molar-refractivity contribution in [1.82, 2.24) is 0 Å². The smallest absolute Gasteiger partial charge is 0.00886 e. The summed E-state index contributed by atoms with van der Waals surface area (Å²) in [6.07, 6.45) is 32.7. The van der Waals surface area contributed by atoms with Crippen LogP contribution in [0.2, 0.25) is 0 Å². The molecule has 0 fully saturated rings. The highest BCUT2D eigenvalue weighted by molar-refractivity contribution is 4.98. The van der Waals surface area contributed by atoms with Gasteiger partial charge in [-0.25, -0.2) is 0 Å². The van der Waals surface area contributed by atoms with Gasteiger partial charge in [0.05, 0.1) is 0 Å². The van der Waals surface area contributed by atoms with Gasteiger partial charge >= 0.3 is 0 Å². The standard InChI is InChI=1S/C30H56/c1-4-6-8-10-12-14-16-17-19-21-23-25-27-29-30(3)28-26-24-22-20-18-15-13-11-9-7-5-2/h30H,1-2,4-8,10,12-29H2,3H3. The number of hydrogen-bond acceptors (Lipinski definition) is 0. The lowest BCUT2D eigenvalue weighted by Gasteiger charge is -2.11. The second-order valence-corrected chi connectivity index (χ2v) is 9.61. The van der Waals surface area contributed by atoms with Crippen LogP contribution < -0.4 is 0 Å². The van der Waals surface area contributed by atoms with E-state index in [0.717, 1.165) is 31.6 Å². The molecule has 0 aromatic heterocycles. The summed E-state index contributed by atoms with van der Waals surface area (Å²) in [5.41, 5.74) is 0. The molecule has 0 bridgehead atoms. The van der Waals surface area contributed by atoms with Gasteiger partial charge in [-0.05, 0) is 18.8 Å². The molecule has 30 heavy (non-hydrogen) atoms. The van der Waals surface area contributed by atoms with Crippen LogP contribution >= 0.6 is 0 Å². The largest absolute Gasteiger partial charge is 0.103 e. The van der Waals surface area contributed by atoms with Gasteiger partial charge in [-0.3, -0.25) is 0 Å². The van der Waals surface area contributed by atoms with Crippen molar-refractivity contribution >= 4 is 0 Å². The second-order valence-electron chi connectivity index (χ2n) is 9.61. The average Bonchev–Trinajstić information content (AvgIpc) is 2.75. The van der Waals surface area contributed by atoms with Crippen LogP contribution in [0.5, 0.6) is 0 Å². The molecule has 0 nitrogen and oxygen atoms in total. The van der Waals surface area contributed by atoms with E-state index in [1.54, 1.807) is 0 Å². The van der Waals surface area contributed by atoms with Gasteiger partial charge in [0.1, 0.15) is 0 Å². The minimum absolute atomic E-state index is 0.941. The summed E-state index contributed by atoms with van der Waals surface area (Å²) in [6.45, 7) is 10.2. The van der Waals surface area contributed by atoms with E-state index in [1.165, 1.54) is 128 Å². The zero-order valence-corrected chi connectivity index (χ0v) is 21.0. The molecule has 1 atom stereocenters. The Morgan fingerprint density at radius 1 is 0.433 bits per heavy atom. The van der Waals surface area contributed by atoms with E-state index in [4.69, 9.17) is 0 Å². The fourth-order valence-corrected chi connectivity index (χ4v) is 4.26. The number of rotatable bonds is 23. The summed E-state index contributed by atoms with van der Waals surface area (Å²) in [7, 11) is 0. The Balaban J connectivity index is 3.17. The Hall–Kier alpha value is -0.440. The molecule has 176 valence electrons. The Bertz CT molecular complexity index is 358. The van der Waals surface area contributed by atoms with Crippen molar-refractivity contribution in [3.8, 4) is 11.8 Å². The third-order valence-corrected chi connectivity index (χ3v) is 6.37. The van der Waals surface area contributed by atoms with Crippen molar-refractivity contribution in [2.24, 2.45) is 5.92 Å². The molecule has 2 radical (unpaired) electrons. The molecule has 0 saturated carbocycles. The van der Waals surface area contributed by atoms with Gasteiger partial charge in [0, 0.05) is 12.8 Å². The Morgan fingerprint density at radius 2 is 0.800 bits per heavy atom. The first kappa shape index (κ1) is 29.6. The molecule has 0 aromatic carbocycles. The van der Waals surface area contributed by atoms with Crippen molar-refractivity contribution in [2.45, 2.75) is 161 Å². The lowest BCUT2D eigenvalue weighted by atomic mass is 9.95. The normalized spacial score (nSPS) is 12.0. The van der Waals surface area contributed by atoms with Crippen LogP contribution in [0.15, 0.2) is 0 Å². The fraction of sp³-hybridized carbons (Fsp3) is 0.867. The summed E-state index contributed by atoms with van der Waals surface area (Å²) in [6, 6.07) is 0. The van der Waals surface area contributed by atoms with E-state index >= 15 is 0 Å². The average molecular weight is 417 g/mol. The molecule has 0 N–H and O–H groups in total. The Morgan fingerprint density at radius 3 is 1.23 bits per heavy atom. The minimum Gasteiger partial charge on any atom is -0.103 e. The van der Waals surface area contributed by atoms with Gasteiger partial charge in [-0.1, -0.05) is 149 Å². The molecule has 0 aliphatic heterocycles.